The monoisotopic (exact) mass is 276 g/mol. The SMILES string of the molecule is CC(C)CCN(c1cc([C@H](C)O)ccn1)C1CCCC1. The molecule has 0 aromatic carbocycles. The van der Waals surface area contributed by atoms with Crippen LogP contribution in [0.25, 0.3) is 0 Å². The second-order valence-corrected chi connectivity index (χ2v) is 6.44. The van der Waals surface area contributed by atoms with Crippen LogP contribution < -0.4 is 4.90 Å². The first-order valence-electron chi connectivity index (χ1n) is 7.98. The fourth-order valence-corrected chi connectivity index (χ4v) is 2.95. The molecule has 112 valence electrons. The predicted molar refractivity (Wildman–Crippen MR) is 83.9 cm³/mol. The molecule has 0 aliphatic heterocycles. The molecule has 1 atom stereocenters. The lowest BCUT2D eigenvalue weighted by molar-refractivity contribution is 0.199. The smallest absolute Gasteiger partial charge is 0.129 e. The van der Waals surface area contributed by atoms with Crippen molar-refractivity contribution >= 4 is 5.82 Å². The van der Waals surface area contributed by atoms with Gasteiger partial charge >= 0.3 is 0 Å². The highest BCUT2D eigenvalue weighted by Gasteiger charge is 2.24. The van der Waals surface area contributed by atoms with Gasteiger partial charge in [-0.3, -0.25) is 0 Å². The molecular formula is C17H28N2O. The maximum absolute atomic E-state index is 9.77. The Bertz CT molecular complexity index is 411. The standard InChI is InChI=1S/C17H28N2O/c1-13(2)9-11-19(16-6-4-5-7-16)17-12-15(14(3)20)8-10-18-17/h8,10,12-14,16,20H,4-7,9,11H2,1-3H3/t14-/m0/s1. The first-order chi connectivity index (χ1) is 9.58. The number of rotatable bonds is 6. The molecule has 2 rings (SSSR count). The van der Waals surface area contributed by atoms with E-state index in [1.807, 2.05) is 19.2 Å². The van der Waals surface area contributed by atoms with Crippen LogP contribution in [0.5, 0.6) is 0 Å². The van der Waals surface area contributed by atoms with Crippen molar-refractivity contribution in [1.29, 1.82) is 0 Å². The second kappa shape index (κ2) is 7.07. The summed E-state index contributed by atoms with van der Waals surface area (Å²) in [5.41, 5.74) is 0.961. The third-order valence-corrected chi connectivity index (χ3v) is 4.26. The lowest BCUT2D eigenvalue weighted by Crippen LogP contribution is -2.35. The zero-order chi connectivity index (χ0) is 14.5. The number of hydrogen-bond donors (Lipinski definition) is 1. The van der Waals surface area contributed by atoms with Crippen molar-refractivity contribution in [1.82, 2.24) is 4.98 Å². The van der Waals surface area contributed by atoms with E-state index >= 15 is 0 Å². The Morgan fingerprint density at radius 3 is 2.60 bits per heavy atom. The van der Waals surface area contributed by atoms with Gasteiger partial charge in [-0.15, -0.1) is 0 Å². The van der Waals surface area contributed by atoms with Gasteiger partial charge in [0.1, 0.15) is 5.82 Å². The minimum Gasteiger partial charge on any atom is -0.389 e. The summed E-state index contributed by atoms with van der Waals surface area (Å²) in [6, 6.07) is 4.60. The summed E-state index contributed by atoms with van der Waals surface area (Å²) >= 11 is 0. The molecule has 3 nitrogen and oxygen atoms in total. The number of hydrogen-bond acceptors (Lipinski definition) is 3. The summed E-state index contributed by atoms with van der Waals surface area (Å²) in [5.74, 6) is 1.75. The van der Waals surface area contributed by atoms with E-state index in [1.165, 1.54) is 32.1 Å². The number of aliphatic hydroxyl groups excluding tert-OH is 1. The highest BCUT2D eigenvalue weighted by molar-refractivity contribution is 5.43. The number of anilines is 1. The van der Waals surface area contributed by atoms with Crippen LogP contribution in [0.4, 0.5) is 5.82 Å². The maximum Gasteiger partial charge on any atom is 0.129 e. The summed E-state index contributed by atoms with van der Waals surface area (Å²) in [4.78, 5) is 7.03. The zero-order valence-electron chi connectivity index (χ0n) is 13.0. The van der Waals surface area contributed by atoms with Crippen molar-refractivity contribution in [3.05, 3.63) is 23.9 Å². The fourth-order valence-electron chi connectivity index (χ4n) is 2.95. The van der Waals surface area contributed by atoms with Gasteiger partial charge in [0.25, 0.3) is 0 Å². The first-order valence-corrected chi connectivity index (χ1v) is 7.98. The molecule has 1 heterocycles. The Labute approximate surface area is 123 Å². The molecule has 20 heavy (non-hydrogen) atoms. The van der Waals surface area contributed by atoms with E-state index in [-0.39, 0.29) is 0 Å². The van der Waals surface area contributed by atoms with Crippen LogP contribution >= 0.6 is 0 Å². The van der Waals surface area contributed by atoms with Gasteiger partial charge in [-0.1, -0.05) is 26.7 Å². The van der Waals surface area contributed by atoms with Gasteiger partial charge in [0, 0.05) is 18.8 Å². The molecule has 1 aliphatic rings. The predicted octanol–water partition coefficient (Wildman–Crippen LogP) is 3.93. The van der Waals surface area contributed by atoms with E-state index in [0.717, 1.165) is 17.9 Å². The van der Waals surface area contributed by atoms with E-state index < -0.39 is 6.10 Å². The number of aromatic nitrogens is 1. The highest BCUT2D eigenvalue weighted by Crippen LogP contribution is 2.29. The highest BCUT2D eigenvalue weighted by atomic mass is 16.3. The average molecular weight is 276 g/mol. The lowest BCUT2D eigenvalue weighted by atomic mass is 10.1. The summed E-state index contributed by atoms with van der Waals surface area (Å²) < 4.78 is 0. The first kappa shape index (κ1) is 15.3. The molecule has 1 saturated carbocycles. The fraction of sp³-hybridized carbons (Fsp3) is 0.706. The molecule has 1 fully saturated rings. The van der Waals surface area contributed by atoms with Gasteiger partial charge in [-0.2, -0.15) is 0 Å². The number of aliphatic hydroxyl groups is 1. The Morgan fingerprint density at radius 2 is 2.00 bits per heavy atom. The van der Waals surface area contributed by atoms with Crippen LogP contribution in [0.2, 0.25) is 0 Å². The van der Waals surface area contributed by atoms with E-state index in [4.69, 9.17) is 0 Å². The Morgan fingerprint density at radius 1 is 1.30 bits per heavy atom. The Balaban J connectivity index is 2.18. The van der Waals surface area contributed by atoms with Crippen LogP contribution in [-0.4, -0.2) is 22.7 Å². The largest absolute Gasteiger partial charge is 0.389 e. The van der Waals surface area contributed by atoms with Crippen molar-refractivity contribution in [2.75, 3.05) is 11.4 Å². The van der Waals surface area contributed by atoms with Gasteiger partial charge in [-0.05, 0) is 49.8 Å². The van der Waals surface area contributed by atoms with E-state index in [0.29, 0.717) is 12.0 Å². The third-order valence-electron chi connectivity index (χ3n) is 4.26. The number of nitrogens with zero attached hydrogens (tertiary/aromatic N) is 2. The van der Waals surface area contributed by atoms with Gasteiger partial charge in [0.2, 0.25) is 0 Å². The molecule has 0 spiro atoms. The van der Waals surface area contributed by atoms with Crippen molar-refractivity contribution in [2.24, 2.45) is 5.92 Å². The molecule has 0 saturated heterocycles. The van der Waals surface area contributed by atoms with Crippen molar-refractivity contribution in [2.45, 2.75) is 65.0 Å². The van der Waals surface area contributed by atoms with E-state index in [1.54, 1.807) is 0 Å². The summed E-state index contributed by atoms with van der Waals surface area (Å²) in [5, 5.41) is 9.77. The Kier molecular flexibility index (Phi) is 5.41. The van der Waals surface area contributed by atoms with Crippen LogP contribution in [0, 0.1) is 5.92 Å². The van der Waals surface area contributed by atoms with Gasteiger partial charge < -0.3 is 10.0 Å². The van der Waals surface area contributed by atoms with Crippen molar-refractivity contribution in [3.63, 3.8) is 0 Å². The number of pyridine rings is 1. The molecule has 1 aliphatic carbocycles. The summed E-state index contributed by atoms with van der Waals surface area (Å²) in [6.07, 6.45) is 7.81. The van der Waals surface area contributed by atoms with E-state index in [2.05, 4.69) is 29.8 Å². The molecule has 3 heteroatoms. The normalized spacial score (nSPS) is 17.6. The van der Waals surface area contributed by atoms with E-state index in [9.17, 15) is 5.11 Å². The topological polar surface area (TPSA) is 36.4 Å². The molecule has 0 radical (unpaired) electrons. The molecule has 0 bridgehead atoms. The minimum atomic E-state index is -0.424. The maximum atomic E-state index is 9.77. The van der Waals surface area contributed by atoms with Gasteiger partial charge in [-0.25, -0.2) is 4.98 Å². The molecule has 0 unspecified atom stereocenters. The quantitative estimate of drug-likeness (QED) is 0.855. The average Bonchev–Trinajstić information content (AvgIpc) is 2.93. The molecule has 1 N–H and O–H groups in total. The molecule has 1 aromatic rings. The van der Waals surface area contributed by atoms with Gasteiger partial charge in [0.15, 0.2) is 0 Å². The minimum absolute atomic E-state index is 0.424. The van der Waals surface area contributed by atoms with Crippen molar-refractivity contribution in [3.8, 4) is 0 Å². The second-order valence-electron chi connectivity index (χ2n) is 6.44. The zero-order valence-corrected chi connectivity index (χ0v) is 13.0. The van der Waals surface area contributed by atoms with Crippen LogP contribution in [-0.2, 0) is 0 Å². The lowest BCUT2D eigenvalue weighted by Gasteiger charge is -2.31. The Hall–Kier alpha value is -1.09. The molecule has 1 aromatic heterocycles. The summed E-state index contributed by atoms with van der Waals surface area (Å²) in [6.45, 7) is 7.42. The summed E-state index contributed by atoms with van der Waals surface area (Å²) in [7, 11) is 0. The van der Waals surface area contributed by atoms with Gasteiger partial charge in [0.05, 0.1) is 6.10 Å². The molecular weight excluding hydrogens is 248 g/mol. The van der Waals surface area contributed by atoms with Crippen LogP contribution in [0.15, 0.2) is 18.3 Å². The van der Waals surface area contributed by atoms with Crippen molar-refractivity contribution < 1.29 is 5.11 Å². The third kappa shape index (κ3) is 3.95. The molecule has 0 amide bonds. The van der Waals surface area contributed by atoms with Crippen LogP contribution in [0.3, 0.4) is 0 Å². The van der Waals surface area contributed by atoms with Crippen LogP contribution in [0.1, 0.15) is 64.5 Å².